The molecule has 0 saturated heterocycles. The highest BCUT2D eigenvalue weighted by Crippen LogP contribution is 2.19. The number of likely N-dealkylation sites (N-methyl/N-ethyl adjacent to an activating group) is 1. The van der Waals surface area contributed by atoms with Crippen LogP contribution >= 0.6 is 0 Å². The second-order valence-electron chi connectivity index (χ2n) is 4.61. The molecular weight excluding hydrogens is 210 g/mol. The van der Waals surface area contributed by atoms with Gasteiger partial charge in [0.1, 0.15) is 6.04 Å². The Morgan fingerprint density at radius 2 is 2.06 bits per heavy atom. The summed E-state index contributed by atoms with van der Waals surface area (Å²) in [6.07, 6.45) is 0. The molecule has 1 unspecified atom stereocenters. The van der Waals surface area contributed by atoms with Crippen LogP contribution in [0.1, 0.15) is 22.7 Å². The third kappa shape index (κ3) is 3.85. The molecule has 1 atom stereocenters. The molecule has 0 aromatic heterocycles. The minimum absolute atomic E-state index is 0.213. The van der Waals surface area contributed by atoms with E-state index in [0.29, 0.717) is 0 Å². The van der Waals surface area contributed by atoms with Crippen LogP contribution in [-0.2, 0) is 0 Å². The standard InChI is InChI=1S/C14H21N3/c1-11-6-5-7-13(12(11)2)14(10-15)16-8-9-17(3)4/h5-7,14,16H,8-9H2,1-4H3. The average Bonchev–Trinajstić information content (AvgIpc) is 2.28. The monoisotopic (exact) mass is 231 g/mol. The molecule has 0 bridgehead atoms. The van der Waals surface area contributed by atoms with Crippen LogP contribution < -0.4 is 5.32 Å². The molecule has 0 saturated carbocycles. The SMILES string of the molecule is Cc1cccc(C(C#N)NCCN(C)C)c1C. The van der Waals surface area contributed by atoms with Crippen molar-refractivity contribution in [3.8, 4) is 6.07 Å². The zero-order valence-corrected chi connectivity index (χ0v) is 11.1. The van der Waals surface area contributed by atoms with Crippen LogP contribution in [0.4, 0.5) is 0 Å². The van der Waals surface area contributed by atoms with Gasteiger partial charge in [0.05, 0.1) is 6.07 Å². The smallest absolute Gasteiger partial charge is 0.121 e. The molecule has 0 aliphatic carbocycles. The van der Waals surface area contributed by atoms with Gasteiger partial charge in [0.25, 0.3) is 0 Å². The topological polar surface area (TPSA) is 39.1 Å². The highest BCUT2D eigenvalue weighted by atomic mass is 15.1. The third-order valence-corrected chi connectivity index (χ3v) is 2.99. The summed E-state index contributed by atoms with van der Waals surface area (Å²) >= 11 is 0. The van der Waals surface area contributed by atoms with E-state index in [9.17, 15) is 5.26 Å². The lowest BCUT2D eigenvalue weighted by atomic mass is 9.98. The number of nitriles is 1. The minimum atomic E-state index is -0.213. The molecule has 0 aliphatic rings. The molecule has 0 radical (unpaired) electrons. The first kappa shape index (κ1) is 13.7. The van der Waals surface area contributed by atoms with Crippen molar-refractivity contribution in [2.24, 2.45) is 0 Å². The summed E-state index contributed by atoms with van der Waals surface area (Å²) in [5.74, 6) is 0. The van der Waals surface area contributed by atoms with Gasteiger partial charge in [-0.25, -0.2) is 0 Å². The molecule has 0 amide bonds. The number of hydrogen-bond acceptors (Lipinski definition) is 3. The van der Waals surface area contributed by atoms with E-state index in [2.05, 4.69) is 36.2 Å². The molecule has 1 aromatic carbocycles. The van der Waals surface area contributed by atoms with E-state index in [0.717, 1.165) is 18.7 Å². The number of nitrogens with one attached hydrogen (secondary N) is 1. The van der Waals surface area contributed by atoms with Crippen molar-refractivity contribution >= 4 is 0 Å². The van der Waals surface area contributed by atoms with Crippen LogP contribution in [0.5, 0.6) is 0 Å². The average molecular weight is 231 g/mol. The lowest BCUT2D eigenvalue weighted by Gasteiger charge is -2.17. The molecule has 0 spiro atoms. The van der Waals surface area contributed by atoms with Crippen LogP contribution in [0.15, 0.2) is 18.2 Å². The van der Waals surface area contributed by atoms with Crippen molar-refractivity contribution in [3.63, 3.8) is 0 Å². The van der Waals surface area contributed by atoms with E-state index in [4.69, 9.17) is 0 Å². The van der Waals surface area contributed by atoms with Gasteiger partial charge in [0, 0.05) is 13.1 Å². The zero-order chi connectivity index (χ0) is 12.8. The Morgan fingerprint density at radius 1 is 1.35 bits per heavy atom. The Morgan fingerprint density at radius 3 is 2.65 bits per heavy atom. The van der Waals surface area contributed by atoms with Crippen molar-refractivity contribution in [1.29, 1.82) is 5.26 Å². The van der Waals surface area contributed by atoms with E-state index in [1.807, 2.05) is 26.2 Å². The zero-order valence-electron chi connectivity index (χ0n) is 11.1. The summed E-state index contributed by atoms with van der Waals surface area (Å²) in [5, 5.41) is 12.5. The number of rotatable bonds is 5. The maximum absolute atomic E-state index is 9.23. The first-order valence-corrected chi connectivity index (χ1v) is 5.90. The van der Waals surface area contributed by atoms with Crippen molar-refractivity contribution in [3.05, 3.63) is 34.9 Å². The Kier molecular flexibility index (Phi) is 5.14. The summed E-state index contributed by atoms with van der Waals surface area (Å²) in [6, 6.07) is 8.23. The second kappa shape index (κ2) is 6.39. The van der Waals surface area contributed by atoms with Gasteiger partial charge in [0.15, 0.2) is 0 Å². The summed E-state index contributed by atoms with van der Waals surface area (Å²) in [7, 11) is 4.06. The maximum atomic E-state index is 9.23. The van der Waals surface area contributed by atoms with Crippen molar-refractivity contribution in [1.82, 2.24) is 10.2 Å². The molecule has 1 N–H and O–H groups in total. The predicted octanol–water partition coefficient (Wildman–Crippen LogP) is 2.02. The minimum Gasteiger partial charge on any atom is -0.308 e. The Bertz CT molecular complexity index is 404. The fourth-order valence-electron chi connectivity index (χ4n) is 1.74. The summed E-state index contributed by atoms with van der Waals surface area (Å²) in [5.41, 5.74) is 3.53. The fraction of sp³-hybridized carbons (Fsp3) is 0.500. The van der Waals surface area contributed by atoms with Crippen LogP contribution in [-0.4, -0.2) is 32.1 Å². The number of aryl methyl sites for hydroxylation is 1. The van der Waals surface area contributed by atoms with Gasteiger partial charge in [-0.05, 0) is 44.6 Å². The van der Waals surface area contributed by atoms with Crippen LogP contribution in [0.3, 0.4) is 0 Å². The summed E-state index contributed by atoms with van der Waals surface area (Å²) in [4.78, 5) is 2.10. The van der Waals surface area contributed by atoms with Gasteiger partial charge in [-0.1, -0.05) is 18.2 Å². The molecular formula is C14H21N3. The second-order valence-corrected chi connectivity index (χ2v) is 4.61. The van der Waals surface area contributed by atoms with Gasteiger partial charge in [-0.3, -0.25) is 5.32 Å². The molecule has 0 fully saturated rings. The molecule has 0 aliphatic heterocycles. The molecule has 1 rings (SSSR count). The summed E-state index contributed by atoms with van der Waals surface area (Å²) in [6.45, 7) is 5.90. The maximum Gasteiger partial charge on any atom is 0.121 e. The summed E-state index contributed by atoms with van der Waals surface area (Å²) < 4.78 is 0. The highest BCUT2D eigenvalue weighted by molar-refractivity contribution is 5.37. The largest absolute Gasteiger partial charge is 0.308 e. The molecule has 1 aromatic rings. The lowest BCUT2D eigenvalue weighted by molar-refractivity contribution is 0.395. The third-order valence-electron chi connectivity index (χ3n) is 2.99. The lowest BCUT2D eigenvalue weighted by Crippen LogP contribution is -2.29. The van der Waals surface area contributed by atoms with E-state index >= 15 is 0 Å². The van der Waals surface area contributed by atoms with Gasteiger partial charge in [0.2, 0.25) is 0 Å². The number of nitrogens with zero attached hydrogens (tertiary/aromatic N) is 2. The first-order chi connectivity index (χ1) is 8.06. The van der Waals surface area contributed by atoms with E-state index in [1.54, 1.807) is 0 Å². The Hall–Kier alpha value is -1.37. The number of hydrogen-bond donors (Lipinski definition) is 1. The van der Waals surface area contributed by atoms with Gasteiger partial charge in [-0.2, -0.15) is 5.26 Å². The molecule has 17 heavy (non-hydrogen) atoms. The van der Waals surface area contributed by atoms with Gasteiger partial charge >= 0.3 is 0 Å². The first-order valence-electron chi connectivity index (χ1n) is 5.90. The Labute approximate surface area is 104 Å². The van der Waals surface area contributed by atoms with Gasteiger partial charge < -0.3 is 4.90 Å². The highest BCUT2D eigenvalue weighted by Gasteiger charge is 2.12. The molecule has 3 nitrogen and oxygen atoms in total. The van der Waals surface area contributed by atoms with E-state index in [-0.39, 0.29) is 6.04 Å². The number of benzene rings is 1. The van der Waals surface area contributed by atoms with Gasteiger partial charge in [-0.15, -0.1) is 0 Å². The molecule has 0 heterocycles. The van der Waals surface area contributed by atoms with Crippen LogP contribution in [0.25, 0.3) is 0 Å². The fourth-order valence-corrected chi connectivity index (χ4v) is 1.74. The normalized spacial score (nSPS) is 12.5. The van der Waals surface area contributed by atoms with Crippen molar-refractivity contribution in [2.75, 3.05) is 27.2 Å². The van der Waals surface area contributed by atoms with E-state index < -0.39 is 0 Å². The van der Waals surface area contributed by atoms with Crippen molar-refractivity contribution in [2.45, 2.75) is 19.9 Å². The van der Waals surface area contributed by atoms with E-state index in [1.165, 1.54) is 11.1 Å². The predicted molar refractivity (Wildman–Crippen MR) is 70.8 cm³/mol. The quantitative estimate of drug-likeness (QED) is 0.842. The molecule has 3 heteroatoms. The van der Waals surface area contributed by atoms with Crippen LogP contribution in [0, 0.1) is 25.2 Å². The molecule has 92 valence electrons. The van der Waals surface area contributed by atoms with Crippen LogP contribution in [0.2, 0.25) is 0 Å². The Balaban J connectivity index is 2.74. The van der Waals surface area contributed by atoms with Crippen molar-refractivity contribution < 1.29 is 0 Å².